The molecule has 106 valence electrons. The van der Waals surface area contributed by atoms with Crippen molar-refractivity contribution in [1.29, 1.82) is 0 Å². The second-order valence-electron chi connectivity index (χ2n) is 5.20. The molecule has 0 bridgehead atoms. The van der Waals surface area contributed by atoms with E-state index in [1.807, 2.05) is 12.1 Å². The zero-order valence-corrected chi connectivity index (χ0v) is 12.1. The van der Waals surface area contributed by atoms with Crippen molar-refractivity contribution in [2.45, 2.75) is 18.9 Å². The van der Waals surface area contributed by atoms with Crippen LogP contribution in [0.4, 0.5) is 0 Å². The molecule has 4 nitrogen and oxygen atoms in total. The van der Waals surface area contributed by atoms with Crippen molar-refractivity contribution in [2.24, 2.45) is 0 Å². The molecule has 1 atom stereocenters. The van der Waals surface area contributed by atoms with Gasteiger partial charge in [-0.1, -0.05) is 0 Å². The Morgan fingerprint density at radius 2 is 2.26 bits per heavy atom. The molecule has 2 rings (SSSR count). The van der Waals surface area contributed by atoms with E-state index in [0.717, 1.165) is 44.0 Å². The Labute approximate surface area is 115 Å². The smallest absolute Gasteiger partial charge is 0.124 e. The highest BCUT2D eigenvalue weighted by Crippen LogP contribution is 2.34. The predicted molar refractivity (Wildman–Crippen MR) is 77.0 cm³/mol. The lowest BCUT2D eigenvalue weighted by atomic mass is 10.0. The van der Waals surface area contributed by atoms with Crippen LogP contribution in [0.15, 0.2) is 18.2 Å². The summed E-state index contributed by atoms with van der Waals surface area (Å²) < 4.78 is 11.1. The molecule has 1 N–H and O–H groups in total. The highest BCUT2D eigenvalue weighted by Gasteiger charge is 2.19. The molecule has 1 aliphatic rings. The zero-order chi connectivity index (χ0) is 13.7. The van der Waals surface area contributed by atoms with Gasteiger partial charge in [0.05, 0.1) is 13.7 Å². The van der Waals surface area contributed by atoms with E-state index in [1.54, 1.807) is 7.11 Å². The van der Waals surface area contributed by atoms with Gasteiger partial charge in [0.15, 0.2) is 0 Å². The Balaban J connectivity index is 2.11. The van der Waals surface area contributed by atoms with Crippen molar-refractivity contribution in [2.75, 3.05) is 40.9 Å². The van der Waals surface area contributed by atoms with Crippen molar-refractivity contribution in [1.82, 2.24) is 10.2 Å². The number of methoxy groups -OCH3 is 1. The van der Waals surface area contributed by atoms with Gasteiger partial charge in [0.1, 0.15) is 11.5 Å². The molecule has 19 heavy (non-hydrogen) atoms. The molecule has 0 aromatic heterocycles. The number of nitrogens with zero attached hydrogens (tertiary/aromatic N) is 1. The van der Waals surface area contributed by atoms with E-state index in [0.29, 0.717) is 6.04 Å². The molecule has 0 unspecified atom stereocenters. The predicted octanol–water partition coefficient (Wildman–Crippen LogP) is 2.06. The van der Waals surface area contributed by atoms with E-state index >= 15 is 0 Å². The van der Waals surface area contributed by atoms with E-state index < -0.39 is 0 Å². The van der Waals surface area contributed by atoms with Crippen LogP contribution in [0.3, 0.4) is 0 Å². The molecule has 0 amide bonds. The van der Waals surface area contributed by atoms with Crippen LogP contribution in [0.1, 0.15) is 24.4 Å². The van der Waals surface area contributed by atoms with Gasteiger partial charge in [-0.25, -0.2) is 0 Å². The molecule has 0 aliphatic carbocycles. The Morgan fingerprint density at radius 3 is 3.00 bits per heavy atom. The molecule has 1 heterocycles. The molecule has 1 aromatic rings. The van der Waals surface area contributed by atoms with E-state index in [4.69, 9.17) is 9.47 Å². The average molecular weight is 264 g/mol. The summed E-state index contributed by atoms with van der Waals surface area (Å²) in [6.45, 7) is 2.82. The third-order valence-corrected chi connectivity index (χ3v) is 3.44. The van der Waals surface area contributed by atoms with Gasteiger partial charge in [-0.05, 0) is 45.1 Å². The Bertz CT molecular complexity index is 407. The summed E-state index contributed by atoms with van der Waals surface area (Å²) in [6, 6.07) is 6.42. The minimum Gasteiger partial charge on any atom is -0.497 e. The second-order valence-corrected chi connectivity index (χ2v) is 5.20. The highest BCUT2D eigenvalue weighted by molar-refractivity contribution is 5.42. The largest absolute Gasteiger partial charge is 0.497 e. The van der Waals surface area contributed by atoms with Gasteiger partial charge < -0.3 is 19.7 Å². The molecule has 1 aliphatic heterocycles. The lowest BCUT2D eigenvalue weighted by Gasteiger charge is -2.20. The first kappa shape index (κ1) is 14.2. The molecule has 0 fully saturated rings. The van der Waals surface area contributed by atoms with Gasteiger partial charge in [-0.15, -0.1) is 0 Å². The van der Waals surface area contributed by atoms with E-state index in [9.17, 15) is 0 Å². The fourth-order valence-electron chi connectivity index (χ4n) is 2.36. The number of benzene rings is 1. The Hall–Kier alpha value is -1.26. The number of ether oxygens (including phenoxy) is 2. The fraction of sp³-hybridized carbons (Fsp3) is 0.600. The van der Waals surface area contributed by atoms with Crippen LogP contribution in [0.5, 0.6) is 11.5 Å². The summed E-state index contributed by atoms with van der Waals surface area (Å²) in [7, 11) is 5.89. The molecule has 1 aromatic carbocycles. The quantitative estimate of drug-likeness (QED) is 0.882. The first-order valence-corrected chi connectivity index (χ1v) is 6.89. The number of nitrogens with one attached hydrogen (secondary N) is 1. The number of rotatable bonds is 5. The lowest BCUT2D eigenvalue weighted by molar-refractivity contribution is 0.314. The normalized spacial score (nSPS) is 18.6. The first-order chi connectivity index (χ1) is 9.20. The summed E-state index contributed by atoms with van der Waals surface area (Å²) >= 11 is 0. The van der Waals surface area contributed by atoms with Crippen LogP contribution in [0.2, 0.25) is 0 Å². The van der Waals surface area contributed by atoms with Crippen LogP contribution in [0.25, 0.3) is 0 Å². The average Bonchev–Trinajstić information content (AvgIpc) is 2.60. The lowest BCUT2D eigenvalue weighted by Crippen LogP contribution is -2.29. The maximum atomic E-state index is 5.80. The van der Waals surface area contributed by atoms with E-state index in [2.05, 4.69) is 30.4 Å². The maximum Gasteiger partial charge on any atom is 0.124 e. The zero-order valence-electron chi connectivity index (χ0n) is 12.1. The van der Waals surface area contributed by atoms with E-state index in [-0.39, 0.29) is 0 Å². The molecule has 0 spiro atoms. The molecule has 0 saturated heterocycles. The van der Waals surface area contributed by atoms with Gasteiger partial charge in [0.25, 0.3) is 0 Å². The van der Waals surface area contributed by atoms with Gasteiger partial charge in [0.2, 0.25) is 0 Å². The summed E-state index contributed by atoms with van der Waals surface area (Å²) in [5, 5.41) is 3.62. The second kappa shape index (κ2) is 6.78. The molecule has 4 heteroatoms. The highest BCUT2D eigenvalue weighted by atomic mass is 16.5. The number of hydrogen-bond acceptors (Lipinski definition) is 4. The number of likely N-dealkylation sites (N-methyl/N-ethyl adjacent to an activating group) is 1. The minimum absolute atomic E-state index is 0.354. The van der Waals surface area contributed by atoms with Crippen molar-refractivity contribution < 1.29 is 9.47 Å². The van der Waals surface area contributed by atoms with Gasteiger partial charge in [-0.3, -0.25) is 0 Å². The van der Waals surface area contributed by atoms with E-state index in [1.165, 1.54) is 5.56 Å². The first-order valence-electron chi connectivity index (χ1n) is 6.89. The Morgan fingerprint density at radius 1 is 1.42 bits per heavy atom. The Kier molecular flexibility index (Phi) is 5.05. The maximum absolute atomic E-state index is 5.80. The minimum atomic E-state index is 0.354. The summed E-state index contributed by atoms with van der Waals surface area (Å²) in [5.74, 6) is 1.88. The van der Waals surface area contributed by atoms with Gasteiger partial charge >= 0.3 is 0 Å². The molecular formula is C15H24N2O2. The van der Waals surface area contributed by atoms with Crippen molar-refractivity contribution in [3.05, 3.63) is 23.8 Å². The standard InChI is InChI=1S/C15H24N2O2/c1-17(2)9-8-16-14-5-4-10-19-15-7-6-12(18-3)11-13(14)15/h6-7,11,14,16H,4-5,8-10H2,1-3H3/t14-/m0/s1. The third kappa shape index (κ3) is 3.85. The SMILES string of the molecule is COc1ccc2c(c1)[C@@H](NCCN(C)C)CCCO2. The topological polar surface area (TPSA) is 33.7 Å². The molecule has 0 saturated carbocycles. The molecule has 0 radical (unpaired) electrons. The summed E-state index contributed by atoms with van der Waals surface area (Å²) in [5.41, 5.74) is 1.22. The van der Waals surface area contributed by atoms with Crippen molar-refractivity contribution in [3.63, 3.8) is 0 Å². The van der Waals surface area contributed by atoms with Crippen LogP contribution < -0.4 is 14.8 Å². The monoisotopic (exact) mass is 264 g/mol. The number of hydrogen-bond donors (Lipinski definition) is 1. The third-order valence-electron chi connectivity index (χ3n) is 3.44. The van der Waals surface area contributed by atoms with Crippen molar-refractivity contribution in [3.8, 4) is 11.5 Å². The van der Waals surface area contributed by atoms with Gasteiger partial charge in [-0.2, -0.15) is 0 Å². The number of fused-ring (bicyclic) bond motifs is 1. The fourth-order valence-corrected chi connectivity index (χ4v) is 2.36. The van der Waals surface area contributed by atoms with Crippen LogP contribution in [-0.4, -0.2) is 45.8 Å². The van der Waals surface area contributed by atoms with Gasteiger partial charge in [0, 0.05) is 24.7 Å². The van der Waals surface area contributed by atoms with Crippen molar-refractivity contribution >= 4 is 0 Å². The van der Waals surface area contributed by atoms with Crippen LogP contribution in [-0.2, 0) is 0 Å². The molecular weight excluding hydrogens is 240 g/mol. The van der Waals surface area contributed by atoms with Crippen LogP contribution in [0, 0.1) is 0 Å². The summed E-state index contributed by atoms with van der Waals surface area (Å²) in [4.78, 5) is 2.19. The van der Waals surface area contributed by atoms with Crippen LogP contribution >= 0.6 is 0 Å². The summed E-state index contributed by atoms with van der Waals surface area (Å²) in [6.07, 6.45) is 2.18.